The van der Waals surface area contributed by atoms with Gasteiger partial charge in [-0.2, -0.15) is 0 Å². The molecule has 1 aliphatic rings. The first-order chi connectivity index (χ1) is 16.4. The van der Waals surface area contributed by atoms with E-state index in [1.165, 1.54) is 6.92 Å². The van der Waals surface area contributed by atoms with Gasteiger partial charge in [-0.15, -0.1) is 0 Å². The topological polar surface area (TPSA) is 67.2 Å². The third-order valence-electron chi connectivity index (χ3n) is 6.42. The number of aliphatic imine (C=N–C) groups is 1. The fourth-order valence-corrected chi connectivity index (χ4v) is 4.39. The van der Waals surface area contributed by atoms with Crippen LogP contribution in [0.1, 0.15) is 73.4 Å². The molecule has 3 unspecified atom stereocenters. The number of aliphatic hydroxyl groups is 1. The lowest BCUT2D eigenvalue weighted by molar-refractivity contribution is -0.112. The lowest BCUT2D eigenvalue weighted by Gasteiger charge is -2.49. The minimum atomic E-state index is -1.42. The maximum Gasteiger partial charge on any atom is 0.237 e. The number of aliphatic hydroxyl groups excluding tert-OH is 1. The number of halogens is 1. The summed E-state index contributed by atoms with van der Waals surface area (Å²) in [5, 5.41) is 10.6. The van der Waals surface area contributed by atoms with Crippen LogP contribution in [0.15, 0.2) is 47.3 Å². The summed E-state index contributed by atoms with van der Waals surface area (Å²) in [6.07, 6.45) is 2.76. The van der Waals surface area contributed by atoms with Crippen molar-refractivity contribution < 1.29 is 19.0 Å². The molecule has 1 aromatic heterocycles. The lowest BCUT2D eigenvalue weighted by Crippen LogP contribution is -2.56. The Balaban J connectivity index is 2.24. The lowest BCUT2D eigenvalue weighted by atomic mass is 9.71. The molecule has 2 heterocycles. The third-order valence-corrected chi connectivity index (χ3v) is 6.42. The van der Waals surface area contributed by atoms with E-state index in [4.69, 9.17) is 14.5 Å². The number of rotatable bonds is 11. The highest BCUT2D eigenvalue weighted by Gasteiger charge is 2.46. The molecule has 1 aromatic rings. The van der Waals surface area contributed by atoms with Crippen molar-refractivity contribution in [2.24, 2.45) is 16.3 Å². The average Bonchev–Trinajstić information content (AvgIpc) is 2.77. The van der Waals surface area contributed by atoms with Gasteiger partial charge in [0.05, 0.1) is 11.4 Å². The third kappa shape index (κ3) is 8.43. The first-order valence-corrected chi connectivity index (χ1v) is 12.6. The zero-order valence-electron chi connectivity index (χ0n) is 22.6. The number of pyridine rings is 1. The van der Waals surface area contributed by atoms with E-state index in [1.807, 2.05) is 19.2 Å². The predicted molar refractivity (Wildman–Crippen MR) is 141 cm³/mol. The highest BCUT2D eigenvalue weighted by molar-refractivity contribution is 5.99. The number of piperidine rings is 1. The van der Waals surface area contributed by atoms with Crippen molar-refractivity contribution in [3.8, 4) is 5.88 Å². The van der Waals surface area contributed by atoms with Gasteiger partial charge in [0, 0.05) is 45.4 Å². The average molecular weight is 490 g/mol. The SMILES string of the molecule is C=C(O)C1(OCCC)CC(C(C)(C)C)CN(C/C(C)=C/N=C(CC)c2cccc(OC(C)F)n2)C1. The fourth-order valence-electron chi connectivity index (χ4n) is 4.39. The molecule has 7 heteroatoms. The maximum absolute atomic E-state index is 13.2. The molecule has 35 heavy (non-hydrogen) atoms. The second-order valence-corrected chi connectivity index (χ2v) is 10.7. The molecule has 1 N–H and O–H groups in total. The Bertz CT molecular complexity index is 907. The Morgan fingerprint density at radius 1 is 1.40 bits per heavy atom. The van der Waals surface area contributed by atoms with E-state index < -0.39 is 12.0 Å². The first-order valence-electron chi connectivity index (χ1n) is 12.6. The molecule has 0 aromatic carbocycles. The van der Waals surface area contributed by atoms with E-state index in [9.17, 15) is 9.50 Å². The van der Waals surface area contributed by atoms with E-state index in [1.54, 1.807) is 12.1 Å². The van der Waals surface area contributed by atoms with Gasteiger partial charge >= 0.3 is 0 Å². The monoisotopic (exact) mass is 489 g/mol. The molecule has 1 saturated heterocycles. The molecule has 0 saturated carbocycles. The molecule has 0 bridgehead atoms. The van der Waals surface area contributed by atoms with Gasteiger partial charge in [0.15, 0.2) is 0 Å². The van der Waals surface area contributed by atoms with Gasteiger partial charge in [0.1, 0.15) is 11.4 Å². The Kier molecular flexibility index (Phi) is 10.5. The van der Waals surface area contributed by atoms with Gasteiger partial charge < -0.3 is 14.6 Å². The highest BCUT2D eigenvalue weighted by Crippen LogP contribution is 2.41. The minimum absolute atomic E-state index is 0.0654. The van der Waals surface area contributed by atoms with Crippen molar-refractivity contribution in [2.75, 3.05) is 26.2 Å². The minimum Gasteiger partial charge on any atom is -0.510 e. The van der Waals surface area contributed by atoms with Gasteiger partial charge in [-0.25, -0.2) is 9.37 Å². The molecule has 2 rings (SSSR count). The summed E-state index contributed by atoms with van der Waals surface area (Å²) in [6.45, 7) is 20.8. The van der Waals surface area contributed by atoms with E-state index in [2.05, 4.69) is 51.1 Å². The molecule has 0 amide bonds. The molecule has 196 valence electrons. The van der Waals surface area contributed by atoms with Crippen LogP contribution in [0.4, 0.5) is 4.39 Å². The molecule has 1 aliphatic heterocycles. The van der Waals surface area contributed by atoms with Gasteiger partial charge in [0.25, 0.3) is 0 Å². The van der Waals surface area contributed by atoms with Crippen molar-refractivity contribution in [3.63, 3.8) is 0 Å². The van der Waals surface area contributed by atoms with Crippen molar-refractivity contribution in [1.29, 1.82) is 0 Å². The Morgan fingerprint density at radius 3 is 2.69 bits per heavy atom. The van der Waals surface area contributed by atoms with Crippen molar-refractivity contribution in [3.05, 3.63) is 48.0 Å². The molecule has 1 fully saturated rings. The molecule has 6 nitrogen and oxygen atoms in total. The van der Waals surface area contributed by atoms with Crippen LogP contribution in [0.2, 0.25) is 0 Å². The number of likely N-dealkylation sites (tertiary alicyclic amines) is 1. The molecule has 3 atom stereocenters. The Hall–Kier alpha value is -2.25. The molecular weight excluding hydrogens is 445 g/mol. The second-order valence-electron chi connectivity index (χ2n) is 10.7. The number of hydrogen-bond acceptors (Lipinski definition) is 6. The molecular formula is C28H44FN3O3. The van der Waals surface area contributed by atoms with Crippen LogP contribution in [-0.2, 0) is 4.74 Å². The van der Waals surface area contributed by atoms with E-state index in [-0.39, 0.29) is 17.1 Å². The van der Waals surface area contributed by atoms with Gasteiger partial charge in [-0.05, 0) is 49.2 Å². The van der Waals surface area contributed by atoms with Crippen molar-refractivity contribution >= 4 is 5.71 Å². The summed E-state index contributed by atoms with van der Waals surface area (Å²) < 4.78 is 24.5. The van der Waals surface area contributed by atoms with Crippen molar-refractivity contribution in [1.82, 2.24) is 9.88 Å². The van der Waals surface area contributed by atoms with E-state index in [0.717, 1.165) is 30.7 Å². The van der Waals surface area contributed by atoms with Gasteiger partial charge in [-0.1, -0.05) is 47.3 Å². The highest BCUT2D eigenvalue weighted by atomic mass is 19.1. The largest absolute Gasteiger partial charge is 0.510 e. The molecule has 0 aliphatic carbocycles. The number of aromatic nitrogens is 1. The normalized spacial score (nSPS) is 23.3. The number of ether oxygens (including phenoxy) is 2. The standard InChI is InChI=1S/C28H44FN3O3/c1-9-14-34-28(21(4)33)15-23(27(6,7)8)18-32(19-28)17-20(3)16-30-24(10-2)25-12-11-13-26(31-25)35-22(5)29/h11-13,16,22-23,33H,4,9-10,14-15,17-19H2,1-3,5-8H3/b20-16+,30-24?. The Labute approximate surface area is 211 Å². The smallest absolute Gasteiger partial charge is 0.237 e. The van der Waals surface area contributed by atoms with Crippen LogP contribution < -0.4 is 4.74 Å². The van der Waals surface area contributed by atoms with E-state index in [0.29, 0.717) is 37.7 Å². The second kappa shape index (κ2) is 12.6. The summed E-state index contributed by atoms with van der Waals surface area (Å²) in [6, 6.07) is 5.28. The van der Waals surface area contributed by atoms with Gasteiger partial charge in [0.2, 0.25) is 12.2 Å². The zero-order chi connectivity index (χ0) is 26.2. The van der Waals surface area contributed by atoms with Crippen LogP contribution in [-0.4, -0.2) is 58.9 Å². The number of nitrogens with zero attached hydrogens (tertiary/aromatic N) is 3. The first kappa shape index (κ1) is 29.0. The zero-order valence-corrected chi connectivity index (χ0v) is 22.6. The summed E-state index contributed by atoms with van der Waals surface area (Å²) in [7, 11) is 0. The maximum atomic E-state index is 13.2. The van der Waals surface area contributed by atoms with Crippen LogP contribution in [0.3, 0.4) is 0 Å². The Morgan fingerprint density at radius 2 is 2.11 bits per heavy atom. The summed E-state index contributed by atoms with van der Waals surface area (Å²) >= 11 is 0. The van der Waals surface area contributed by atoms with Crippen LogP contribution in [0.5, 0.6) is 5.88 Å². The number of alkyl halides is 1. The number of hydrogen-bond donors (Lipinski definition) is 1. The quantitative estimate of drug-likeness (QED) is 0.284. The molecule has 0 radical (unpaired) electrons. The van der Waals surface area contributed by atoms with Crippen LogP contribution in [0, 0.1) is 11.3 Å². The van der Waals surface area contributed by atoms with Crippen LogP contribution >= 0.6 is 0 Å². The summed E-state index contributed by atoms with van der Waals surface area (Å²) in [4.78, 5) is 11.4. The van der Waals surface area contributed by atoms with Crippen molar-refractivity contribution in [2.45, 2.75) is 79.7 Å². The van der Waals surface area contributed by atoms with Crippen LogP contribution in [0.25, 0.3) is 0 Å². The molecule has 0 spiro atoms. The van der Waals surface area contributed by atoms with Gasteiger partial charge in [-0.3, -0.25) is 9.89 Å². The predicted octanol–water partition coefficient (Wildman–Crippen LogP) is 6.48. The van der Waals surface area contributed by atoms with E-state index >= 15 is 0 Å². The fraction of sp³-hybridized carbons (Fsp3) is 0.643. The summed E-state index contributed by atoms with van der Waals surface area (Å²) in [5.74, 6) is 0.687. The summed E-state index contributed by atoms with van der Waals surface area (Å²) in [5.41, 5.74) is 1.86.